The predicted octanol–water partition coefficient (Wildman–Crippen LogP) is 3.45. The molecule has 4 rings (SSSR count). The van der Waals surface area contributed by atoms with Crippen molar-refractivity contribution in [3.63, 3.8) is 0 Å². The highest BCUT2D eigenvalue weighted by atomic mass is 32.1. The summed E-state index contributed by atoms with van der Waals surface area (Å²) >= 11 is 1.67. The lowest BCUT2D eigenvalue weighted by Crippen LogP contribution is -2.01. The van der Waals surface area contributed by atoms with Gasteiger partial charge in [-0.15, -0.1) is 21.5 Å². The molecule has 0 aliphatic rings. The van der Waals surface area contributed by atoms with Crippen LogP contribution in [0.3, 0.4) is 0 Å². The zero-order chi connectivity index (χ0) is 15.6. The Bertz CT molecular complexity index is 929. The molecule has 0 aliphatic heterocycles. The average Bonchev–Trinajstić information content (AvgIpc) is 3.25. The van der Waals surface area contributed by atoms with E-state index in [9.17, 15) is 0 Å². The van der Waals surface area contributed by atoms with Crippen molar-refractivity contribution < 1.29 is 4.74 Å². The predicted molar refractivity (Wildman–Crippen MR) is 89.9 cm³/mol. The van der Waals surface area contributed by atoms with Gasteiger partial charge in [0, 0.05) is 6.42 Å². The molecular formula is C17H14N4OS. The van der Waals surface area contributed by atoms with Gasteiger partial charge in [0.2, 0.25) is 0 Å². The van der Waals surface area contributed by atoms with Crippen molar-refractivity contribution in [1.82, 2.24) is 19.8 Å². The van der Waals surface area contributed by atoms with E-state index in [2.05, 4.69) is 21.4 Å². The van der Waals surface area contributed by atoms with E-state index in [4.69, 9.17) is 4.74 Å². The molecule has 3 heterocycles. The summed E-state index contributed by atoms with van der Waals surface area (Å²) in [4.78, 5) is 1.14. The minimum absolute atomic E-state index is 0.673. The van der Waals surface area contributed by atoms with Gasteiger partial charge in [-0.1, -0.05) is 18.2 Å². The van der Waals surface area contributed by atoms with Gasteiger partial charge in [0.15, 0.2) is 11.5 Å². The standard InChI is InChI=1S/C17H14N4OS/c1-22-13-6-4-12(5-7-13)11-17-19-18-16-9-8-14(20-21(16)17)15-3-2-10-23-15/h2-10H,11H2,1H3. The van der Waals surface area contributed by atoms with Crippen molar-refractivity contribution in [3.05, 3.63) is 65.3 Å². The van der Waals surface area contributed by atoms with E-state index >= 15 is 0 Å². The molecule has 0 unspecified atom stereocenters. The van der Waals surface area contributed by atoms with E-state index in [0.29, 0.717) is 6.42 Å². The Hall–Kier alpha value is -2.73. The van der Waals surface area contributed by atoms with Crippen LogP contribution in [0.2, 0.25) is 0 Å². The number of hydrogen-bond donors (Lipinski definition) is 0. The quantitative estimate of drug-likeness (QED) is 0.577. The molecule has 114 valence electrons. The lowest BCUT2D eigenvalue weighted by Gasteiger charge is -2.03. The highest BCUT2D eigenvalue weighted by Crippen LogP contribution is 2.23. The summed E-state index contributed by atoms with van der Waals surface area (Å²) in [6, 6.07) is 16.0. The molecule has 0 aliphatic carbocycles. The van der Waals surface area contributed by atoms with Crippen molar-refractivity contribution >= 4 is 17.0 Å². The number of rotatable bonds is 4. The summed E-state index contributed by atoms with van der Waals surface area (Å²) in [6.07, 6.45) is 0.673. The molecule has 6 heteroatoms. The summed E-state index contributed by atoms with van der Waals surface area (Å²) in [5.41, 5.74) is 2.83. The van der Waals surface area contributed by atoms with Gasteiger partial charge in [0.25, 0.3) is 0 Å². The maximum atomic E-state index is 5.19. The zero-order valence-corrected chi connectivity index (χ0v) is 13.3. The lowest BCUT2D eigenvalue weighted by molar-refractivity contribution is 0.414. The first-order valence-electron chi connectivity index (χ1n) is 7.21. The maximum Gasteiger partial charge on any atom is 0.177 e. The first kappa shape index (κ1) is 13.9. The third kappa shape index (κ3) is 2.68. The minimum atomic E-state index is 0.673. The normalized spacial score (nSPS) is 11.0. The highest BCUT2D eigenvalue weighted by molar-refractivity contribution is 7.13. The Labute approximate surface area is 137 Å². The van der Waals surface area contributed by atoms with Crippen molar-refractivity contribution in [1.29, 1.82) is 0 Å². The number of benzene rings is 1. The van der Waals surface area contributed by atoms with Crippen LogP contribution in [0.4, 0.5) is 0 Å². The van der Waals surface area contributed by atoms with Gasteiger partial charge < -0.3 is 4.74 Å². The second kappa shape index (κ2) is 5.81. The van der Waals surface area contributed by atoms with Gasteiger partial charge in [-0.2, -0.15) is 9.61 Å². The fourth-order valence-electron chi connectivity index (χ4n) is 2.43. The van der Waals surface area contributed by atoms with Crippen molar-refractivity contribution in [2.24, 2.45) is 0 Å². The van der Waals surface area contributed by atoms with Gasteiger partial charge >= 0.3 is 0 Å². The average molecular weight is 322 g/mol. The summed E-state index contributed by atoms with van der Waals surface area (Å²) in [5.74, 6) is 1.67. The van der Waals surface area contributed by atoms with E-state index in [0.717, 1.165) is 33.4 Å². The Balaban J connectivity index is 1.70. The molecule has 0 radical (unpaired) electrons. The molecule has 0 spiro atoms. The fourth-order valence-corrected chi connectivity index (χ4v) is 3.12. The molecule has 3 aromatic heterocycles. The lowest BCUT2D eigenvalue weighted by atomic mass is 10.1. The summed E-state index contributed by atoms with van der Waals surface area (Å²) in [7, 11) is 1.66. The number of ether oxygens (including phenoxy) is 1. The summed E-state index contributed by atoms with van der Waals surface area (Å²) < 4.78 is 7.01. The molecular weight excluding hydrogens is 308 g/mol. The van der Waals surface area contributed by atoms with Crippen molar-refractivity contribution in [2.45, 2.75) is 6.42 Å². The van der Waals surface area contributed by atoms with Crippen LogP contribution in [0.15, 0.2) is 53.9 Å². The number of fused-ring (bicyclic) bond motifs is 1. The van der Waals surface area contributed by atoms with Crippen molar-refractivity contribution in [3.8, 4) is 16.3 Å². The van der Waals surface area contributed by atoms with E-state index in [1.54, 1.807) is 18.4 Å². The molecule has 0 saturated heterocycles. The first-order chi connectivity index (χ1) is 11.3. The Morgan fingerprint density at radius 3 is 2.65 bits per heavy atom. The summed E-state index contributed by atoms with van der Waals surface area (Å²) in [6.45, 7) is 0. The number of thiophene rings is 1. The number of methoxy groups -OCH3 is 1. The van der Waals surface area contributed by atoms with E-state index in [1.165, 1.54) is 0 Å². The Morgan fingerprint density at radius 2 is 1.91 bits per heavy atom. The van der Waals surface area contributed by atoms with Crippen LogP contribution in [-0.4, -0.2) is 26.9 Å². The number of aromatic nitrogens is 4. The van der Waals surface area contributed by atoms with Crippen LogP contribution >= 0.6 is 11.3 Å². The molecule has 23 heavy (non-hydrogen) atoms. The van der Waals surface area contributed by atoms with Crippen molar-refractivity contribution in [2.75, 3.05) is 7.11 Å². The topological polar surface area (TPSA) is 52.3 Å². The SMILES string of the molecule is COc1ccc(Cc2nnc3ccc(-c4cccs4)nn23)cc1. The number of nitrogens with zero attached hydrogens (tertiary/aromatic N) is 4. The van der Waals surface area contributed by atoms with E-state index < -0.39 is 0 Å². The van der Waals surface area contributed by atoms with Crippen LogP contribution in [-0.2, 0) is 6.42 Å². The molecule has 0 atom stereocenters. The molecule has 0 bridgehead atoms. The Kier molecular flexibility index (Phi) is 3.51. The van der Waals surface area contributed by atoms with Crippen LogP contribution in [0, 0.1) is 0 Å². The second-order valence-corrected chi connectivity index (χ2v) is 6.05. The van der Waals surface area contributed by atoms with Gasteiger partial charge in [0.05, 0.1) is 12.0 Å². The third-order valence-corrected chi connectivity index (χ3v) is 4.51. The van der Waals surface area contributed by atoms with Crippen LogP contribution in [0.1, 0.15) is 11.4 Å². The molecule has 0 fully saturated rings. The van der Waals surface area contributed by atoms with Gasteiger partial charge in [-0.05, 0) is 41.3 Å². The molecule has 5 nitrogen and oxygen atoms in total. The fraction of sp³-hybridized carbons (Fsp3) is 0.118. The molecule has 0 amide bonds. The second-order valence-electron chi connectivity index (χ2n) is 5.11. The highest BCUT2D eigenvalue weighted by Gasteiger charge is 2.10. The van der Waals surface area contributed by atoms with Crippen LogP contribution in [0.5, 0.6) is 5.75 Å². The Morgan fingerprint density at radius 1 is 1.04 bits per heavy atom. The minimum Gasteiger partial charge on any atom is -0.497 e. The van der Waals surface area contributed by atoms with Crippen LogP contribution in [0.25, 0.3) is 16.2 Å². The smallest absolute Gasteiger partial charge is 0.177 e. The maximum absolute atomic E-state index is 5.19. The van der Waals surface area contributed by atoms with Crippen LogP contribution < -0.4 is 4.74 Å². The zero-order valence-electron chi connectivity index (χ0n) is 12.5. The van der Waals surface area contributed by atoms with Gasteiger partial charge in [-0.3, -0.25) is 0 Å². The van der Waals surface area contributed by atoms with Gasteiger partial charge in [-0.25, -0.2) is 0 Å². The first-order valence-corrected chi connectivity index (χ1v) is 8.09. The van der Waals surface area contributed by atoms with E-state index in [1.807, 2.05) is 52.4 Å². The van der Waals surface area contributed by atoms with E-state index in [-0.39, 0.29) is 0 Å². The monoisotopic (exact) mass is 322 g/mol. The number of hydrogen-bond acceptors (Lipinski definition) is 5. The molecule has 4 aromatic rings. The third-order valence-electron chi connectivity index (χ3n) is 3.62. The molecule has 1 aromatic carbocycles. The summed E-state index contributed by atoms with van der Waals surface area (Å²) in [5, 5.41) is 15.2. The molecule has 0 saturated carbocycles. The van der Waals surface area contributed by atoms with Gasteiger partial charge in [0.1, 0.15) is 11.4 Å². The molecule has 0 N–H and O–H groups in total. The largest absolute Gasteiger partial charge is 0.497 e.